The smallest absolute Gasteiger partial charge is 0.406 e. The third-order valence-electron chi connectivity index (χ3n) is 2.82. The van der Waals surface area contributed by atoms with E-state index in [2.05, 4.69) is 9.84 Å². The predicted octanol–water partition coefficient (Wildman–Crippen LogP) is 3.65. The summed E-state index contributed by atoms with van der Waals surface area (Å²) >= 11 is 0. The van der Waals surface area contributed by atoms with Gasteiger partial charge in [0, 0.05) is 11.5 Å². The Labute approximate surface area is 120 Å². The van der Waals surface area contributed by atoms with Gasteiger partial charge in [-0.2, -0.15) is 5.10 Å². The number of anilines is 1. The van der Waals surface area contributed by atoms with Crippen molar-refractivity contribution in [3.05, 3.63) is 36.0 Å². The van der Waals surface area contributed by atoms with Crippen LogP contribution in [0.4, 0.5) is 19.0 Å². The monoisotopic (exact) mass is 299 g/mol. The molecule has 1 aromatic heterocycles. The van der Waals surface area contributed by atoms with E-state index >= 15 is 0 Å². The third kappa shape index (κ3) is 3.68. The Morgan fingerprint density at radius 3 is 2.10 bits per heavy atom. The van der Waals surface area contributed by atoms with E-state index in [0.717, 1.165) is 5.69 Å². The summed E-state index contributed by atoms with van der Waals surface area (Å²) in [5, 5.41) is 4.38. The Morgan fingerprint density at radius 2 is 1.67 bits per heavy atom. The van der Waals surface area contributed by atoms with Gasteiger partial charge in [-0.3, -0.25) is 0 Å². The molecule has 7 heteroatoms. The molecule has 1 heterocycles. The first-order valence-corrected chi connectivity index (χ1v) is 6.28. The summed E-state index contributed by atoms with van der Waals surface area (Å²) in [6.07, 6.45) is -4.70. The zero-order valence-electron chi connectivity index (χ0n) is 11.9. The van der Waals surface area contributed by atoms with E-state index in [1.165, 1.54) is 28.9 Å². The maximum Gasteiger partial charge on any atom is 0.573 e. The molecule has 0 bridgehead atoms. The maximum absolute atomic E-state index is 12.1. The fraction of sp³-hybridized carbons (Fsp3) is 0.357. The molecule has 4 nitrogen and oxygen atoms in total. The number of hydrogen-bond acceptors (Lipinski definition) is 3. The van der Waals surface area contributed by atoms with Crippen LogP contribution in [-0.4, -0.2) is 16.1 Å². The van der Waals surface area contributed by atoms with Gasteiger partial charge in [0.15, 0.2) is 0 Å². The van der Waals surface area contributed by atoms with Crippen LogP contribution < -0.4 is 10.5 Å². The number of nitrogens with two attached hydrogens (primary N) is 1. The van der Waals surface area contributed by atoms with Gasteiger partial charge in [-0.1, -0.05) is 20.8 Å². The van der Waals surface area contributed by atoms with Gasteiger partial charge in [-0.05, 0) is 24.3 Å². The van der Waals surface area contributed by atoms with E-state index < -0.39 is 6.36 Å². The molecule has 0 spiro atoms. The van der Waals surface area contributed by atoms with Crippen LogP contribution in [-0.2, 0) is 5.41 Å². The highest BCUT2D eigenvalue weighted by molar-refractivity contribution is 5.45. The zero-order chi connectivity index (χ0) is 15.8. The first kappa shape index (κ1) is 15.2. The van der Waals surface area contributed by atoms with E-state index in [1.54, 1.807) is 6.07 Å². The van der Waals surface area contributed by atoms with Crippen molar-refractivity contribution in [3.63, 3.8) is 0 Å². The van der Waals surface area contributed by atoms with E-state index in [1.807, 2.05) is 20.8 Å². The van der Waals surface area contributed by atoms with E-state index in [0.29, 0.717) is 11.5 Å². The van der Waals surface area contributed by atoms with Crippen molar-refractivity contribution in [2.45, 2.75) is 32.5 Å². The standard InChI is InChI=1S/C14H16F3N3O/c1-13(2,3)11-8-12(18)20(19-11)9-4-6-10(7-5-9)21-14(15,16)17/h4-8H,18H2,1-3H3. The molecule has 114 valence electrons. The molecule has 0 amide bonds. The number of ether oxygens (including phenoxy) is 1. The molecule has 0 aliphatic carbocycles. The molecule has 21 heavy (non-hydrogen) atoms. The minimum absolute atomic E-state index is 0.168. The molecule has 0 aliphatic rings. The molecule has 0 atom stereocenters. The number of nitrogens with zero attached hydrogens (tertiary/aromatic N) is 2. The molecule has 0 fully saturated rings. The fourth-order valence-corrected chi connectivity index (χ4v) is 1.76. The Balaban J connectivity index is 2.29. The van der Waals surface area contributed by atoms with Crippen LogP contribution >= 0.6 is 0 Å². The van der Waals surface area contributed by atoms with Crippen LogP contribution in [0.3, 0.4) is 0 Å². The molecule has 0 saturated carbocycles. The number of halogens is 3. The van der Waals surface area contributed by atoms with Gasteiger partial charge >= 0.3 is 6.36 Å². The normalized spacial score (nSPS) is 12.5. The molecule has 0 saturated heterocycles. The topological polar surface area (TPSA) is 53.1 Å². The van der Waals surface area contributed by atoms with Gasteiger partial charge in [-0.15, -0.1) is 13.2 Å². The first-order chi connectivity index (χ1) is 9.56. The van der Waals surface area contributed by atoms with Crippen molar-refractivity contribution >= 4 is 5.82 Å². The lowest BCUT2D eigenvalue weighted by Crippen LogP contribution is -2.17. The van der Waals surface area contributed by atoms with Gasteiger partial charge in [0.1, 0.15) is 11.6 Å². The second-order valence-corrected chi connectivity index (χ2v) is 5.66. The van der Waals surface area contributed by atoms with Crippen molar-refractivity contribution < 1.29 is 17.9 Å². The van der Waals surface area contributed by atoms with Crippen LogP contribution in [0.15, 0.2) is 30.3 Å². The van der Waals surface area contributed by atoms with Crippen molar-refractivity contribution in [2.24, 2.45) is 0 Å². The molecule has 0 unspecified atom stereocenters. The highest BCUT2D eigenvalue weighted by Crippen LogP contribution is 2.27. The summed E-state index contributed by atoms with van der Waals surface area (Å²) in [6.45, 7) is 6.00. The Morgan fingerprint density at radius 1 is 1.10 bits per heavy atom. The van der Waals surface area contributed by atoms with Crippen LogP contribution in [0, 0.1) is 0 Å². The summed E-state index contributed by atoms with van der Waals surface area (Å²) in [4.78, 5) is 0. The van der Waals surface area contributed by atoms with Crippen molar-refractivity contribution in [1.29, 1.82) is 0 Å². The number of benzene rings is 1. The SMILES string of the molecule is CC(C)(C)c1cc(N)n(-c2ccc(OC(F)(F)F)cc2)n1. The van der Waals surface area contributed by atoms with E-state index in [9.17, 15) is 13.2 Å². The second-order valence-electron chi connectivity index (χ2n) is 5.66. The molecule has 2 rings (SSSR count). The summed E-state index contributed by atoms with van der Waals surface area (Å²) in [5.41, 5.74) is 7.10. The molecule has 0 aliphatic heterocycles. The van der Waals surface area contributed by atoms with E-state index in [-0.39, 0.29) is 11.2 Å². The second kappa shape index (κ2) is 4.98. The summed E-state index contributed by atoms with van der Waals surface area (Å²) in [6, 6.07) is 7.13. The summed E-state index contributed by atoms with van der Waals surface area (Å²) < 4.78 is 41.6. The molecule has 0 radical (unpaired) electrons. The minimum atomic E-state index is -4.70. The van der Waals surface area contributed by atoms with Gasteiger partial charge in [0.25, 0.3) is 0 Å². The van der Waals surface area contributed by atoms with Crippen molar-refractivity contribution in [3.8, 4) is 11.4 Å². The summed E-state index contributed by atoms with van der Waals surface area (Å²) in [5.74, 6) is 0.137. The fourth-order valence-electron chi connectivity index (χ4n) is 1.76. The minimum Gasteiger partial charge on any atom is -0.406 e. The van der Waals surface area contributed by atoms with Gasteiger partial charge < -0.3 is 10.5 Å². The third-order valence-corrected chi connectivity index (χ3v) is 2.82. The lowest BCUT2D eigenvalue weighted by Gasteiger charge is -2.14. The highest BCUT2D eigenvalue weighted by atomic mass is 19.4. The molecule has 2 N–H and O–H groups in total. The van der Waals surface area contributed by atoms with Crippen LogP contribution in [0.25, 0.3) is 5.69 Å². The highest BCUT2D eigenvalue weighted by Gasteiger charge is 2.31. The Bertz CT molecular complexity index is 624. The number of rotatable bonds is 2. The molecular formula is C14H16F3N3O. The number of hydrogen-bond donors (Lipinski definition) is 1. The number of aromatic nitrogens is 2. The zero-order valence-corrected chi connectivity index (χ0v) is 11.9. The Kier molecular flexibility index (Phi) is 3.61. The maximum atomic E-state index is 12.1. The number of alkyl halides is 3. The van der Waals surface area contributed by atoms with E-state index in [4.69, 9.17) is 5.73 Å². The quantitative estimate of drug-likeness (QED) is 0.921. The van der Waals surface area contributed by atoms with Crippen molar-refractivity contribution in [2.75, 3.05) is 5.73 Å². The molecule has 1 aromatic carbocycles. The lowest BCUT2D eigenvalue weighted by atomic mass is 9.92. The van der Waals surface area contributed by atoms with Crippen LogP contribution in [0.5, 0.6) is 5.75 Å². The van der Waals surface area contributed by atoms with Gasteiger partial charge in [-0.25, -0.2) is 4.68 Å². The predicted molar refractivity (Wildman–Crippen MR) is 73.4 cm³/mol. The van der Waals surface area contributed by atoms with Crippen LogP contribution in [0.1, 0.15) is 26.5 Å². The van der Waals surface area contributed by atoms with Gasteiger partial charge in [0.05, 0.1) is 11.4 Å². The lowest BCUT2D eigenvalue weighted by molar-refractivity contribution is -0.274. The largest absolute Gasteiger partial charge is 0.573 e. The van der Waals surface area contributed by atoms with Crippen molar-refractivity contribution in [1.82, 2.24) is 9.78 Å². The van der Waals surface area contributed by atoms with Crippen LogP contribution in [0.2, 0.25) is 0 Å². The summed E-state index contributed by atoms with van der Waals surface area (Å²) in [7, 11) is 0. The number of nitrogen functional groups attached to an aromatic ring is 1. The first-order valence-electron chi connectivity index (χ1n) is 6.28. The molecule has 2 aromatic rings. The molecular weight excluding hydrogens is 283 g/mol. The average molecular weight is 299 g/mol. The van der Waals surface area contributed by atoms with Gasteiger partial charge in [0.2, 0.25) is 0 Å². The Hall–Kier alpha value is -2.18. The average Bonchev–Trinajstić information content (AvgIpc) is 2.70.